The standard InChI is InChI=1S/C21H30O4/c1-20-9-8-13(22)10-12(20)4-5-14-15-6-7-16(19(24)25-3)21(15,2)18(23)11-17(14)20/h12,14-17H,4-11H2,1-3H3. The van der Waals surface area contributed by atoms with Gasteiger partial charge in [0.25, 0.3) is 0 Å². The zero-order valence-corrected chi connectivity index (χ0v) is 15.7. The molecule has 4 saturated carbocycles. The van der Waals surface area contributed by atoms with Crippen molar-refractivity contribution in [2.24, 2.45) is 40.4 Å². The van der Waals surface area contributed by atoms with Crippen LogP contribution in [0.15, 0.2) is 0 Å². The first-order chi connectivity index (χ1) is 11.8. The number of rotatable bonds is 1. The molecule has 0 radical (unpaired) electrons. The molecule has 0 heterocycles. The van der Waals surface area contributed by atoms with E-state index in [1.165, 1.54) is 7.11 Å². The monoisotopic (exact) mass is 346 g/mol. The Kier molecular flexibility index (Phi) is 3.90. The number of hydrogen-bond donors (Lipinski definition) is 0. The Hall–Kier alpha value is -1.19. The Morgan fingerprint density at radius 3 is 2.52 bits per heavy atom. The number of carbonyl (C=O) groups is 3. The number of methoxy groups -OCH3 is 1. The van der Waals surface area contributed by atoms with Gasteiger partial charge in [-0.25, -0.2) is 0 Å². The van der Waals surface area contributed by atoms with Crippen LogP contribution in [-0.4, -0.2) is 24.6 Å². The Bertz CT molecular complexity index is 625. The quantitative estimate of drug-likeness (QED) is 0.681. The van der Waals surface area contributed by atoms with Gasteiger partial charge in [0.2, 0.25) is 0 Å². The van der Waals surface area contributed by atoms with E-state index < -0.39 is 5.41 Å². The molecule has 0 amide bonds. The van der Waals surface area contributed by atoms with Crippen LogP contribution in [0, 0.1) is 40.4 Å². The summed E-state index contributed by atoms with van der Waals surface area (Å²) in [5.41, 5.74) is -0.418. The molecule has 138 valence electrons. The van der Waals surface area contributed by atoms with Gasteiger partial charge in [0.05, 0.1) is 13.0 Å². The summed E-state index contributed by atoms with van der Waals surface area (Å²) in [7, 11) is 1.43. The summed E-state index contributed by atoms with van der Waals surface area (Å²) in [5.74, 6) is 1.86. The van der Waals surface area contributed by atoms with Gasteiger partial charge >= 0.3 is 5.97 Å². The second kappa shape index (κ2) is 5.65. The van der Waals surface area contributed by atoms with Crippen LogP contribution in [0.25, 0.3) is 0 Å². The minimum atomic E-state index is -0.540. The van der Waals surface area contributed by atoms with Gasteiger partial charge in [-0.1, -0.05) is 13.8 Å². The molecule has 4 aliphatic rings. The van der Waals surface area contributed by atoms with E-state index in [4.69, 9.17) is 4.74 Å². The lowest BCUT2D eigenvalue weighted by atomic mass is 9.44. The summed E-state index contributed by atoms with van der Waals surface area (Å²) in [6.07, 6.45) is 6.87. The maximum atomic E-state index is 13.3. The summed E-state index contributed by atoms with van der Waals surface area (Å²) in [4.78, 5) is 37.5. The van der Waals surface area contributed by atoms with Crippen LogP contribution in [0.1, 0.15) is 65.2 Å². The molecule has 0 aliphatic heterocycles. The van der Waals surface area contributed by atoms with Crippen molar-refractivity contribution in [1.29, 1.82) is 0 Å². The summed E-state index contributed by atoms with van der Waals surface area (Å²) >= 11 is 0. The predicted octanol–water partition coefficient (Wildman–Crippen LogP) is 3.57. The molecule has 0 aromatic carbocycles. The van der Waals surface area contributed by atoms with Crippen molar-refractivity contribution < 1.29 is 19.1 Å². The summed E-state index contributed by atoms with van der Waals surface area (Å²) < 4.78 is 5.02. The molecule has 7 unspecified atom stereocenters. The van der Waals surface area contributed by atoms with E-state index in [1.54, 1.807) is 0 Å². The van der Waals surface area contributed by atoms with Crippen molar-refractivity contribution >= 4 is 17.5 Å². The fourth-order valence-electron chi connectivity index (χ4n) is 7.28. The molecule has 7 atom stereocenters. The molecule has 4 heteroatoms. The lowest BCUT2D eigenvalue weighted by molar-refractivity contribution is -0.167. The largest absolute Gasteiger partial charge is 0.469 e. The number of hydrogen-bond acceptors (Lipinski definition) is 4. The number of ether oxygens (including phenoxy) is 1. The maximum absolute atomic E-state index is 13.3. The lowest BCUT2D eigenvalue weighted by Gasteiger charge is -2.59. The van der Waals surface area contributed by atoms with Crippen LogP contribution in [0.3, 0.4) is 0 Å². The molecule has 0 N–H and O–H groups in total. The maximum Gasteiger partial charge on any atom is 0.309 e. The minimum Gasteiger partial charge on any atom is -0.469 e. The van der Waals surface area contributed by atoms with E-state index in [0.717, 1.165) is 32.1 Å². The van der Waals surface area contributed by atoms with Gasteiger partial charge in [0, 0.05) is 24.7 Å². The van der Waals surface area contributed by atoms with Gasteiger partial charge in [-0.05, 0) is 61.2 Å². The molecular formula is C21H30O4. The summed E-state index contributed by atoms with van der Waals surface area (Å²) in [5, 5.41) is 0. The van der Waals surface area contributed by atoms with Crippen LogP contribution < -0.4 is 0 Å². The lowest BCUT2D eigenvalue weighted by Crippen LogP contribution is -2.57. The molecular weight excluding hydrogens is 316 g/mol. The number of Topliss-reactive ketones (excluding diaryl/α,β-unsaturated/α-hetero) is 2. The van der Waals surface area contributed by atoms with Crippen molar-refractivity contribution in [1.82, 2.24) is 0 Å². The van der Waals surface area contributed by atoms with Crippen molar-refractivity contribution in [3.8, 4) is 0 Å². The molecule has 25 heavy (non-hydrogen) atoms. The van der Waals surface area contributed by atoms with Gasteiger partial charge in [0.15, 0.2) is 0 Å². The number of esters is 1. The zero-order chi connectivity index (χ0) is 18.0. The third-order valence-corrected chi connectivity index (χ3v) is 8.83. The Balaban J connectivity index is 1.67. The molecule has 0 aromatic heterocycles. The van der Waals surface area contributed by atoms with Crippen molar-refractivity contribution in [2.45, 2.75) is 65.2 Å². The van der Waals surface area contributed by atoms with E-state index in [0.29, 0.717) is 48.7 Å². The smallest absolute Gasteiger partial charge is 0.309 e. The first-order valence-electron chi connectivity index (χ1n) is 9.95. The number of ketones is 2. The van der Waals surface area contributed by atoms with Crippen LogP contribution in [0.5, 0.6) is 0 Å². The number of fused-ring (bicyclic) bond motifs is 5. The first kappa shape index (κ1) is 17.2. The topological polar surface area (TPSA) is 60.4 Å². The van der Waals surface area contributed by atoms with Crippen LogP contribution in [0.2, 0.25) is 0 Å². The second-order valence-electron chi connectivity index (χ2n) is 9.46. The highest BCUT2D eigenvalue weighted by molar-refractivity contribution is 5.92. The predicted molar refractivity (Wildman–Crippen MR) is 92.6 cm³/mol. The highest BCUT2D eigenvalue weighted by Gasteiger charge is 2.64. The van der Waals surface area contributed by atoms with Crippen molar-refractivity contribution in [3.05, 3.63) is 0 Å². The van der Waals surface area contributed by atoms with E-state index >= 15 is 0 Å². The van der Waals surface area contributed by atoms with Crippen LogP contribution in [-0.2, 0) is 19.1 Å². The Morgan fingerprint density at radius 2 is 1.80 bits per heavy atom. The average molecular weight is 346 g/mol. The van der Waals surface area contributed by atoms with Crippen molar-refractivity contribution in [3.63, 3.8) is 0 Å². The zero-order valence-electron chi connectivity index (χ0n) is 15.7. The van der Waals surface area contributed by atoms with Crippen LogP contribution >= 0.6 is 0 Å². The molecule has 4 aliphatic carbocycles. The average Bonchev–Trinajstić information content (AvgIpc) is 2.95. The minimum absolute atomic E-state index is 0.122. The highest BCUT2D eigenvalue weighted by Crippen LogP contribution is 2.66. The van der Waals surface area contributed by atoms with Gasteiger partial charge in [0.1, 0.15) is 11.6 Å². The summed E-state index contributed by atoms with van der Waals surface area (Å²) in [6.45, 7) is 4.37. The molecule has 4 nitrogen and oxygen atoms in total. The molecule has 0 bridgehead atoms. The fourth-order valence-corrected chi connectivity index (χ4v) is 7.28. The van der Waals surface area contributed by atoms with Crippen molar-refractivity contribution in [2.75, 3.05) is 7.11 Å². The normalized spacial score (nSPS) is 49.2. The Labute approximate surface area is 150 Å². The SMILES string of the molecule is COC(=O)C1CCC2C3CCC4CC(=O)CCC4(C)C3CC(=O)C12C. The van der Waals surface area contributed by atoms with E-state index in [2.05, 4.69) is 6.92 Å². The summed E-state index contributed by atoms with van der Waals surface area (Å²) in [6, 6.07) is 0. The van der Waals surface area contributed by atoms with E-state index in [1.807, 2.05) is 6.92 Å². The molecule has 0 aromatic rings. The van der Waals surface area contributed by atoms with E-state index in [9.17, 15) is 14.4 Å². The molecule has 0 saturated heterocycles. The molecule has 4 fully saturated rings. The van der Waals surface area contributed by atoms with Gasteiger partial charge in [-0.2, -0.15) is 0 Å². The second-order valence-corrected chi connectivity index (χ2v) is 9.46. The Morgan fingerprint density at radius 1 is 1.04 bits per heavy atom. The third-order valence-electron chi connectivity index (χ3n) is 8.83. The molecule has 4 rings (SSSR count). The van der Waals surface area contributed by atoms with Gasteiger partial charge in [-0.3, -0.25) is 14.4 Å². The van der Waals surface area contributed by atoms with Gasteiger partial charge < -0.3 is 4.74 Å². The third kappa shape index (κ3) is 2.21. The first-order valence-corrected chi connectivity index (χ1v) is 9.95. The highest BCUT2D eigenvalue weighted by atomic mass is 16.5. The van der Waals surface area contributed by atoms with Gasteiger partial charge in [-0.15, -0.1) is 0 Å². The number of carbonyl (C=O) groups excluding carboxylic acids is 3. The van der Waals surface area contributed by atoms with Crippen LogP contribution in [0.4, 0.5) is 0 Å². The van der Waals surface area contributed by atoms with E-state index in [-0.39, 0.29) is 23.1 Å². The fraction of sp³-hybridized carbons (Fsp3) is 0.857. The molecule has 0 spiro atoms.